The first-order valence-electron chi connectivity index (χ1n) is 12.5. The number of thioether (sulfide) groups is 2. The lowest BCUT2D eigenvalue weighted by Crippen LogP contribution is -2.71. The van der Waals surface area contributed by atoms with Crippen LogP contribution in [0.1, 0.15) is 38.3 Å². The monoisotopic (exact) mass is 643 g/mol. The summed E-state index contributed by atoms with van der Waals surface area (Å²) >= 11 is 3.82. The van der Waals surface area contributed by atoms with E-state index in [1.165, 1.54) is 34.5 Å². The Morgan fingerprint density at radius 1 is 1.39 bits per heavy atom. The first kappa shape index (κ1) is 32.4. The van der Waals surface area contributed by atoms with Crippen molar-refractivity contribution in [2.24, 2.45) is 5.16 Å². The Hall–Kier alpha value is -3.15. The maximum Gasteiger partial charge on any atom is 0.352 e. The summed E-state index contributed by atoms with van der Waals surface area (Å²) in [6.45, 7) is 6.42. The maximum atomic E-state index is 13.1. The molecule has 2 atom stereocenters. The minimum atomic E-state index is -1.21. The number of aliphatic carboxylic acids is 1. The van der Waals surface area contributed by atoms with Crippen molar-refractivity contribution in [3.8, 4) is 0 Å². The molecule has 0 aliphatic carbocycles. The molecule has 222 valence electrons. The van der Waals surface area contributed by atoms with Crippen molar-refractivity contribution in [3.63, 3.8) is 0 Å². The number of oxime groups is 1. The molecule has 0 saturated carbocycles. The Kier molecular flexibility index (Phi) is 12.0. The van der Waals surface area contributed by atoms with Gasteiger partial charge in [0.15, 0.2) is 10.8 Å². The lowest BCUT2D eigenvalue weighted by atomic mass is 10.0. The number of carboxylic acid groups (broad SMARTS) is 1. The third-order valence-electron chi connectivity index (χ3n) is 5.96. The normalized spacial score (nSPS) is 18.3. The summed E-state index contributed by atoms with van der Waals surface area (Å²) in [4.78, 5) is 48.8. The smallest absolute Gasteiger partial charge is 0.352 e. The summed E-state index contributed by atoms with van der Waals surface area (Å²) in [5, 5.41) is 30.1. The van der Waals surface area contributed by atoms with Crippen LogP contribution in [-0.2, 0) is 25.8 Å². The third-order valence-corrected chi connectivity index (χ3v) is 9.02. The lowest BCUT2D eigenvalue weighted by Gasteiger charge is -2.49. The van der Waals surface area contributed by atoms with Gasteiger partial charge in [0.05, 0.1) is 0 Å². The van der Waals surface area contributed by atoms with Crippen LogP contribution >= 0.6 is 47.3 Å². The zero-order chi connectivity index (χ0) is 28.6. The molecule has 1 saturated heterocycles. The number of nitrogens with two attached hydrogens (primary N) is 1. The second-order valence-corrected chi connectivity index (χ2v) is 11.7. The molecule has 1 fully saturated rings. The summed E-state index contributed by atoms with van der Waals surface area (Å²) in [7, 11) is 0. The van der Waals surface area contributed by atoms with E-state index in [0.717, 1.165) is 37.0 Å². The number of nitrogens with zero attached hydrogens (tertiary/aromatic N) is 7. The molecule has 0 radical (unpaired) electrons. The largest absolute Gasteiger partial charge is 0.477 e. The Morgan fingerprint density at radius 3 is 2.88 bits per heavy atom. The fourth-order valence-corrected chi connectivity index (χ4v) is 6.98. The first-order chi connectivity index (χ1) is 19.3. The maximum absolute atomic E-state index is 13.1. The second-order valence-electron chi connectivity index (χ2n) is 8.75. The Bertz CT molecular complexity index is 1330. The van der Waals surface area contributed by atoms with E-state index in [-0.39, 0.29) is 41.2 Å². The molecule has 2 amide bonds. The van der Waals surface area contributed by atoms with Gasteiger partial charge >= 0.3 is 5.97 Å². The number of hydrogen-bond donors (Lipinski definition) is 3. The zero-order valence-electron chi connectivity index (χ0n) is 22.1. The number of anilines is 1. The van der Waals surface area contributed by atoms with Crippen LogP contribution in [0.3, 0.4) is 0 Å². The predicted molar refractivity (Wildman–Crippen MR) is 159 cm³/mol. The van der Waals surface area contributed by atoms with Gasteiger partial charge in [-0.25, -0.2) is 14.5 Å². The summed E-state index contributed by atoms with van der Waals surface area (Å²) in [5.74, 6) is -1.77. The molecule has 4 rings (SSSR count). The molecule has 18 heteroatoms. The van der Waals surface area contributed by atoms with Crippen LogP contribution in [0.5, 0.6) is 0 Å². The lowest BCUT2D eigenvalue weighted by molar-refractivity contribution is -0.150. The number of thiazole rings is 1. The number of halogens is 1. The van der Waals surface area contributed by atoms with Crippen LogP contribution in [0.2, 0.25) is 0 Å². The van der Waals surface area contributed by atoms with Gasteiger partial charge in [-0.05, 0) is 22.4 Å². The van der Waals surface area contributed by atoms with E-state index in [4.69, 9.17) is 10.6 Å². The molecule has 2 aliphatic rings. The average Bonchev–Trinajstić information content (AvgIpc) is 3.58. The fraction of sp³-hybridized carbons (Fsp3) is 0.478. The highest BCUT2D eigenvalue weighted by Gasteiger charge is 2.54. The number of β-lactam (4-membered cyclic amide) rings is 1. The SMILES string of the molecule is C=CCO/N=C(\C(=O)NC1C(=O)N2C(C(=O)O)=C(CSc3nnnn3CCCCCC)CS[C@H]12)c1csc(N)n1.Cl. The van der Waals surface area contributed by atoms with Crippen LogP contribution in [0, 0.1) is 0 Å². The number of carbonyl (C=O) groups excluding carboxylic acids is 2. The van der Waals surface area contributed by atoms with Gasteiger partial charge < -0.3 is 21.0 Å². The van der Waals surface area contributed by atoms with E-state index in [9.17, 15) is 19.5 Å². The first-order valence-corrected chi connectivity index (χ1v) is 15.4. The molecule has 4 heterocycles. The summed E-state index contributed by atoms with van der Waals surface area (Å²) in [6, 6.07) is -0.947. The number of amides is 2. The van der Waals surface area contributed by atoms with Gasteiger partial charge in [-0.2, -0.15) is 0 Å². The van der Waals surface area contributed by atoms with E-state index in [1.807, 2.05) is 0 Å². The van der Waals surface area contributed by atoms with Crippen LogP contribution < -0.4 is 11.1 Å². The second kappa shape index (κ2) is 15.2. The van der Waals surface area contributed by atoms with E-state index < -0.39 is 29.2 Å². The number of hydrogen-bond acceptors (Lipinski definition) is 13. The Balaban J connectivity index is 0.00000462. The molecule has 2 aliphatic heterocycles. The topological polar surface area (TPSA) is 191 Å². The van der Waals surface area contributed by atoms with E-state index in [2.05, 4.69) is 44.5 Å². The number of aryl methyl sites for hydroxylation is 1. The molecule has 0 spiro atoms. The highest BCUT2D eigenvalue weighted by Crippen LogP contribution is 2.41. The Morgan fingerprint density at radius 2 is 2.20 bits per heavy atom. The van der Waals surface area contributed by atoms with Gasteiger partial charge in [0.1, 0.15) is 29.4 Å². The predicted octanol–water partition coefficient (Wildman–Crippen LogP) is 2.15. The van der Waals surface area contributed by atoms with Gasteiger partial charge in [0, 0.05) is 23.4 Å². The number of carboxylic acids is 1. The van der Waals surface area contributed by atoms with Crippen molar-refractivity contribution in [1.82, 2.24) is 35.4 Å². The zero-order valence-corrected chi connectivity index (χ0v) is 25.4. The summed E-state index contributed by atoms with van der Waals surface area (Å²) < 4.78 is 1.72. The average molecular weight is 644 g/mol. The van der Waals surface area contributed by atoms with Crippen molar-refractivity contribution >= 4 is 75.9 Å². The minimum Gasteiger partial charge on any atom is -0.477 e. The van der Waals surface area contributed by atoms with Crippen LogP contribution in [0.4, 0.5) is 5.13 Å². The summed E-state index contributed by atoms with van der Waals surface area (Å²) in [5.41, 5.74) is 6.24. The molecule has 14 nitrogen and oxygen atoms in total. The number of tetrazole rings is 1. The van der Waals surface area contributed by atoms with Crippen molar-refractivity contribution in [2.45, 2.75) is 55.7 Å². The van der Waals surface area contributed by atoms with Crippen LogP contribution in [-0.4, -0.2) is 88.2 Å². The molecule has 0 aromatic carbocycles. The third kappa shape index (κ3) is 7.58. The van der Waals surface area contributed by atoms with E-state index >= 15 is 0 Å². The molecular weight excluding hydrogens is 614 g/mol. The number of carbonyl (C=O) groups is 3. The van der Waals surface area contributed by atoms with Gasteiger partial charge in [-0.1, -0.05) is 55.8 Å². The van der Waals surface area contributed by atoms with E-state index in [0.29, 0.717) is 28.8 Å². The highest BCUT2D eigenvalue weighted by atomic mass is 35.5. The van der Waals surface area contributed by atoms with Gasteiger partial charge in [0.2, 0.25) is 5.16 Å². The quantitative estimate of drug-likeness (QED) is 0.0641. The molecule has 0 bridgehead atoms. The number of nitrogen functional groups attached to an aromatic ring is 1. The van der Waals surface area contributed by atoms with Crippen molar-refractivity contribution in [2.75, 3.05) is 23.8 Å². The van der Waals surface area contributed by atoms with Crippen molar-refractivity contribution in [1.29, 1.82) is 0 Å². The van der Waals surface area contributed by atoms with Gasteiger partial charge in [-0.3, -0.25) is 14.5 Å². The van der Waals surface area contributed by atoms with Crippen molar-refractivity contribution < 1.29 is 24.3 Å². The van der Waals surface area contributed by atoms with Gasteiger partial charge in [-0.15, -0.1) is 40.6 Å². The van der Waals surface area contributed by atoms with Crippen LogP contribution in [0.25, 0.3) is 0 Å². The van der Waals surface area contributed by atoms with Crippen molar-refractivity contribution in [3.05, 3.63) is 35.0 Å². The standard InChI is InChI=1S/C23H29N9O5S3.ClH/c1-3-5-6-7-8-31-23(27-29-30-31)40-11-13-10-38-20-16(19(34)32(20)17(13)21(35)36)26-18(33)15(28-37-9-4-2)14-12-39-22(24)25-14;/h4,12,16,20H,2-3,5-11H2,1H3,(H2,24,25)(H,26,33)(H,35,36);1H/b28-15-;/t16?,20-;/m1./s1. The summed E-state index contributed by atoms with van der Waals surface area (Å²) in [6.07, 6.45) is 5.76. The van der Waals surface area contributed by atoms with Gasteiger partial charge in [0.25, 0.3) is 11.8 Å². The molecular formula is C23H30ClN9O5S3. The molecule has 41 heavy (non-hydrogen) atoms. The minimum absolute atomic E-state index is 0. The molecule has 1 unspecified atom stereocenters. The number of rotatable bonds is 15. The number of fused-ring (bicyclic) bond motifs is 1. The highest BCUT2D eigenvalue weighted by molar-refractivity contribution is 8.01. The molecule has 2 aromatic heterocycles. The number of unbranched alkanes of at least 4 members (excludes halogenated alkanes) is 3. The number of aromatic nitrogens is 5. The van der Waals surface area contributed by atoms with E-state index in [1.54, 1.807) is 10.1 Å². The van der Waals surface area contributed by atoms with Crippen LogP contribution in [0.15, 0.2) is 39.6 Å². The molecule has 2 aromatic rings. The molecule has 4 N–H and O–H groups in total. The fourth-order valence-electron chi connectivity index (χ4n) is 4.04. The Labute approximate surface area is 254 Å². The number of nitrogens with one attached hydrogen (secondary N) is 1.